The summed E-state index contributed by atoms with van der Waals surface area (Å²) < 4.78 is 4.98. The van der Waals surface area contributed by atoms with Crippen molar-refractivity contribution in [2.45, 2.75) is 6.54 Å². The lowest BCUT2D eigenvalue weighted by atomic mass is 10.2. The summed E-state index contributed by atoms with van der Waals surface area (Å²) in [4.78, 5) is 19.2. The molecule has 1 amide bonds. The van der Waals surface area contributed by atoms with Gasteiger partial charge in [0.2, 0.25) is 5.88 Å². The lowest BCUT2D eigenvalue weighted by molar-refractivity contribution is 0.0996. The molecule has 0 saturated carbocycles. The quantitative estimate of drug-likeness (QED) is 0.840. The van der Waals surface area contributed by atoms with E-state index < -0.39 is 5.91 Å². The number of rotatable bonds is 5. The normalized spacial score (nSPS) is 9.95. The number of ether oxygens (including phenoxy) is 1. The SMILES string of the molecule is COc1ncc(NCc2ccncc2)cc1C(N)=O. The first-order chi connectivity index (χ1) is 9.20. The van der Waals surface area contributed by atoms with Crippen LogP contribution in [0, 0.1) is 0 Å². The number of aromatic nitrogens is 2. The van der Waals surface area contributed by atoms with Crippen molar-refractivity contribution in [3.63, 3.8) is 0 Å². The van der Waals surface area contributed by atoms with Gasteiger partial charge in [-0.05, 0) is 23.8 Å². The molecule has 0 atom stereocenters. The first kappa shape index (κ1) is 12.8. The predicted octanol–water partition coefficient (Wildman–Crippen LogP) is 1.20. The van der Waals surface area contributed by atoms with E-state index >= 15 is 0 Å². The summed E-state index contributed by atoms with van der Waals surface area (Å²) in [5, 5.41) is 3.15. The molecule has 0 aliphatic heterocycles. The molecule has 2 heterocycles. The van der Waals surface area contributed by atoms with E-state index in [9.17, 15) is 4.79 Å². The summed E-state index contributed by atoms with van der Waals surface area (Å²) in [6.45, 7) is 0.606. The molecular formula is C13H14N4O2. The number of carbonyl (C=O) groups excluding carboxylic acids is 1. The topological polar surface area (TPSA) is 90.1 Å². The van der Waals surface area contributed by atoms with Gasteiger partial charge >= 0.3 is 0 Å². The van der Waals surface area contributed by atoms with Crippen LogP contribution in [0.2, 0.25) is 0 Å². The van der Waals surface area contributed by atoms with Crippen LogP contribution < -0.4 is 15.8 Å². The van der Waals surface area contributed by atoms with E-state index in [4.69, 9.17) is 10.5 Å². The number of nitrogens with zero attached hydrogens (tertiary/aromatic N) is 2. The average molecular weight is 258 g/mol. The minimum absolute atomic E-state index is 0.224. The Balaban J connectivity index is 2.13. The molecule has 0 radical (unpaired) electrons. The van der Waals surface area contributed by atoms with Crippen LogP contribution in [-0.2, 0) is 6.54 Å². The number of hydrogen-bond donors (Lipinski definition) is 2. The van der Waals surface area contributed by atoms with E-state index in [2.05, 4.69) is 15.3 Å². The van der Waals surface area contributed by atoms with Crippen LogP contribution in [0.3, 0.4) is 0 Å². The highest BCUT2D eigenvalue weighted by molar-refractivity contribution is 5.95. The van der Waals surface area contributed by atoms with Gasteiger partial charge in [0.05, 0.1) is 19.0 Å². The second-order valence-corrected chi connectivity index (χ2v) is 3.85. The number of hydrogen-bond acceptors (Lipinski definition) is 5. The first-order valence-electron chi connectivity index (χ1n) is 5.67. The van der Waals surface area contributed by atoms with Crippen molar-refractivity contribution in [1.29, 1.82) is 0 Å². The Morgan fingerprint density at radius 3 is 2.79 bits per heavy atom. The Morgan fingerprint density at radius 1 is 1.42 bits per heavy atom. The van der Waals surface area contributed by atoms with E-state index in [1.165, 1.54) is 7.11 Å². The first-order valence-corrected chi connectivity index (χ1v) is 5.67. The maximum atomic E-state index is 11.3. The highest BCUT2D eigenvalue weighted by Crippen LogP contribution is 2.19. The summed E-state index contributed by atoms with van der Waals surface area (Å²) in [6.07, 6.45) is 5.03. The minimum Gasteiger partial charge on any atom is -0.480 e. The highest BCUT2D eigenvalue weighted by atomic mass is 16.5. The number of amides is 1. The number of carbonyl (C=O) groups is 1. The third-order valence-corrected chi connectivity index (χ3v) is 2.56. The molecule has 6 heteroatoms. The molecule has 0 aliphatic carbocycles. The summed E-state index contributed by atoms with van der Waals surface area (Å²) >= 11 is 0. The van der Waals surface area contributed by atoms with Crippen LogP contribution in [0.15, 0.2) is 36.8 Å². The predicted molar refractivity (Wildman–Crippen MR) is 70.9 cm³/mol. The number of anilines is 1. The van der Waals surface area contributed by atoms with Crippen LogP contribution in [0.4, 0.5) is 5.69 Å². The standard InChI is InChI=1S/C13H14N4O2/c1-19-13-11(12(14)18)6-10(8-17-13)16-7-9-2-4-15-5-3-9/h2-6,8,16H,7H2,1H3,(H2,14,18). The molecule has 98 valence electrons. The highest BCUT2D eigenvalue weighted by Gasteiger charge is 2.11. The molecule has 0 spiro atoms. The van der Waals surface area contributed by atoms with Gasteiger partial charge < -0.3 is 15.8 Å². The van der Waals surface area contributed by atoms with Gasteiger partial charge in [0, 0.05) is 18.9 Å². The van der Waals surface area contributed by atoms with Gasteiger partial charge in [-0.3, -0.25) is 9.78 Å². The maximum Gasteiger partial charge on any atom is 0.254 e. The summed E-state index contributed by atoms with van der Waals surface area (Å²) in [5.74, 6) is -0.348. The van der Waals surface area contributed by atoms with Gasteiger partial charge in [-0.2, -0.15) is 0 Å². The zero-order valence-corrected chi connectivity index (χ0v) is 10.5. The average Bonchev–Trinajstić information content (AvgIpc) is 2.46. The largest absolute Gasteiger partial charge is 0.480 e. The van der Waals surface area contributed by atoms with E-state index in [0.717, 1.165) is 5.56 Å². The maximum absolute atomic E-state index is 11.3. The molecule has 6 nitrogen and oxygen atoms in total. The lowest BCUT2D eigenvalue weighted by Crippen LogP contribution is -2.14. The molecule has 0 saturated heterocycles. The van der Waals surface area contributed by atoms with Gasteiger partial charge in [-0.25, -0.2) is 4.98 Å². The minimum atomic E-state index is -0.572. The molecule has 3 N–H and O–H groups in total. The molecule has 2 aromatic heterocycles. The summed E-state index contributed by atoms with van der Waals surface area (Å²) in [5.41, 5.74) is 7.30. The van der Waals surface area contributed by atoms with Crippen molar-refractivity contribution in [1.82, 2.24) is 9.97 Å². The Morgan fingerprint density at radius 2 is 2.16 bits per heavy atom. The van der Waals surface area contributed by atoms with Crippen molar-refractivity contribution in [2.24, 2.45) is 5.73 Å². The molecule has 19 heavy (non-hydrogen) atoms. The Bertz CT molecular complexity index is 572. The van der Waals surface area contributed by atoms with E-state index in [1.54, 1.807) is 24.7 Å². The third-order valence-electron chi connectivity index (χ3n) is 2.56. The number of nitrogens with one attached hydrogen (secondary N) is 1. The van der Waals surface area contributed by atoms with Gasteiger partial charge in [0.15, 0.2) is 0 Å². The van der Waals surface area contributed by atoms with Crippen LogP contribution in [0.1, 0.15) is 15.9 Å². The van der Waals surface area contributed by atoms with E-state index in [-0.39, 0.29) is 11.4 Å². The molecule has 0 bridgehead atoms. The Hall–Kier alpha value is -2.63. The number of methoxy groups -OCH3 is 1. The monoisotopic (exact) mass is 258 g/mol. The third kappa shape index (κ3) is 3.19. The van der Waals surface area contributed by atoms with E-state index in [1.807, 2.05) is 12.1 Å². The molecule has 2 rings (SSSR count). The number of primary amides is 1. The fraction of sp³-hybridized carbons (Fsp3) is 0.154. The molecular weight excluding hydrogens is 244 g/mol. The zero-order chi connectivity index (χ0) is 13.7. The molecule has 0 unspecified atom stereocenters. The second-order valence-electron chi connectivity index (χ2n) is 3.85. The van der Waals surface area contributed by atoms with Crippen LogP contribution in [-0.4, -0.2) is 23.0 Å². The van der Waals surface area contributed by atoms with Gasteiger partial charge in [0.25, 0.3) is 5.91 Å². The van der Waals surface area contributed by atoms with Gasteiger partial charge in [-0.15, -0.1) is 0 Å². The van der Waals surface area contributed by atoms with Crippen LogP contribution >= 0.6 is 0 Å². The fourth-order valence-corrected chi connectivity index (χ4v) is 1.59. The molecule has 2 aromatic rings. The van der Waals surface area contributed by atoms with Crippen LogP contribution in [0.5, 0.6) is 5.88 Å². The summed E-state index contributed by atoms with van der Waals surface area (Å²) in [7, 11) is 1.44. The van der Waals surface area contributed by atoms with Crippen molar-refractivity contribution in [3.8, 4) is 5.88 Å². The van der Waals surface area contributed by atoms with Crippen molar-refractivity contribution < 1.29 is 9.53 Å². The molecule has 0 aromatic carbocycles. The van der Waals surface area contributed by atoms with Gasteiger partial charge in [0.1, 0.15) is 5.56 Å². The smallest absolute Gasteiger partial charge is 0.254 e. The van der Waals surface area contributed by atoms with Crippen molar-refractivity contribution >= 4 is 11.6 Å². The number of pyridine rings is 2. The Labute approximate surface area is 110 Å². The van der Waals surface area contributed by atoms with Crippen molar-refractivity contribution in [2.75, 3.05) is 12.4 Å². The van der Waals surface area contributed by atoms with Gasteiger partial charge in [-0.1, -0.05) is 0 Å². The molecule has 0 aliphatic rings. The number of nitrogens with two attached hydrogens (primary N) is 1. The zero-order valence-electron chi connectivity index (χ0n) is 10.5. The lowest BCUT2D eigenvalue weighted by Gasteiger charge is -2.09. The van der Waals surface area contributed by atoms with E-state index in [0.29, 0.717) is 12.2 Å². The molecule has 0 fully saturated rings. The Kier molecular flexibility index (Phi) is 3.92. The fourth-order valence-electron chi connectivity index (χ4n) is 1.59. The van der Waals surface area contributed by atoms with Crippen LogP contribution in [0.25, 0.3) is 0 Å². The summed E-state index contributed by atoms with van der Waals surface area (Å²) in [6, 6.07) is 5.42. The second kappa shape index (κ2) is 5.81. The van der Waals surface area contributed by atoms with Crippen molar-refractivity contribution in [3.05, 3.63) is 47.9 Å².